The molecule has 12 heteroatoms. The van der Waals surface area contributed by atoms with Crippen LogP contribution in [0.2, 0.25) is 10.0 Å². The van der Waals surface area contributed by atoms with E-state index in [1.165, 1.54) is 12.1 Å². The van der Waals surface area contributed by atoms with Crippen LogP contribution >= 0.6 is 23.2 Å². The van der Waals surface area contributed by atoms with Crippen LogP contribution in [-0.4, -0.2) is 34.6 Å². The number of nitrogens with one attached hydrogen (secondary N) is 1. The number of hydrogen-bond donors (Lipinski definition) is 1. The van der Waals surface area contributed by atoms with Gasteiger partial charge in [0.25, 0.3) is 0 Å². The molecule has 0 saturated carbocycles. The zero-order valence-corrected chi connectivity index (χ0v) is 19.6. The molecule has 2 atom stereocenters. The molecule has 0 aliphatic carbocycles. The van der Waals surface area contributed by atoms with E-state index in [0.717, 1.165) is 10.7 Å². The number of aliphatic imine (C=N–C) groups is 1. The second kappa shape index (κ2) is 8.76. The standard InChI is InChI=1S/C23H17Cl2F3N4O3/c1-11-20(22(33)30-13-3-5-16-17(9-13)35-7-6-34-16)21(12-2-4-14(24)15(25)8-12)32-19(29-11)10-18(31-32)23(26,27)28/h2-5,8-10,20-21H,6-7H2,1H3,(H,30,33). The number of benzene rings is 2. The lowest BCUT2D eigenvalue weighted by Crippen LogP contribution is -2.39. The monoisotopic (exact) mass is 524 g/mol. The van der Waals surface area contributed by atoms with E-state index in [1.54, 1.807) is 31.2 Å². The number of amides is 1. The Kier molecular flexibility index (Phi) is 5.88. The number of aromatic nitrogens is 2. The lowest BCUT2D eigenvalue weighted by Gasteiger charge is -2.31. The fraction of sp³-hybridized carbons (Fsp3) is 0.261. The number of rotatable bonds is 3. The average Bonchev–Trinajstić information content (AvgIpc) is 3.24. The first kappa shape index (κ1) is 23.5. The van der Waals surface area contributed by atoms with Gasteiger partial charge in [0.15, 0.2) is 23.0 Å². The second-order valence-electron chi connectivity index (χ2n) is 8.03. The first-order valence-electron chi connectivity index (χ1n) is 10.5. The summed E-state index contributed by atoms with van der Waals surface area (Å²) in [5.74, 6) is -0.468. The molecule has 5 rings (SSSR count). The van der Waals surface area contributed by atoms with Crippen molar-refractivity contribution in [1.82, 2.24) is 9.78 Å². The summed E-state index contributed by atoms with van der Waals surface area (Å²) in [5.41, 5.74) is 0.0930. The molecule has 1 N–H and O–H groups in total. The van der Waals surface area contributed by atoms with Gasteiger partial charge in [-0.25, -0.2) is 9.67 Å². The van der Waals surface area contributed by atoms with Gasteiger partial charge in [-0.1, -0.05) is 29.3 Å². The molecule has 0 spiro atoms. The SMILES string of the molecule is CC1=Nc2cc(C(F)(F)F)nn2C(c2ccc(Cl)c(Cl)c2)C1C(=O)Nc1ccc2c(c1)OCCO2. The molecule has 2 unspecified atom stereocenters. The number of alkyl halides is 3. The highest BCUT2D eigenvalue weighted by Gasteiger charge is 2.42. The third kappa shape index (κ3) is 4.43. The van der Waals surface area contributed by atoms with Crippen LogP contribution in [0.4, 0.5) is 24.7 Å². The van der Waals surface area contributed by atoms with Gasteiger partial charge in [-0.15, -0.1) is 0 Å². The normalized spacial score (nSPS) is 19.1. The summed E-state index contributed by atoms with van der Waals surface area (Å²) in [7, 11) is 0. The summed E-state index contributed by atoms with van der Waals surface area (Å²) < 4.78 is 52.5. The maximum atomic E-state index is 13.5. The van der Waals surface area contributed by atoms with Crippen LogP contribution < -0.4 is 14.8 Å². The third-order valence-corrected chi connectivity index (χ3v) is 6.44. The average molecular weight is 525 g/mol. The minimum absolute atomic E-state index is 0.0192. The number of carbonyl (C=O) groups excluding carboxylic acids is 1. The van der Waals surface area contributed by atoms with Gasteiger partial charge in [-0.3, -0.25) is 4.79 Å². The Hall–Kier alpha value is -3.24. The molecule has 182 valence electrons. The Morgan fingerprint density at radius 3 is 2.51 bits per heavy atom. The second-order valence-corrected chi connectivity index (χ2v) is 8.84. The lowest BCUT2D eigenvalue weighted by molar-refractivity contribution is -0.141. The molecule has 7 nitrogen and oxygen atoms in total. The summed E-state index contributed by atoms with van der Waals surface area (Å²) in [6.07, 6.45) is -4.68. The van der Waals surface area contributed by atoms with Crippen LogP contribution in [0.25, 0.3) is 0 Å². The van der Waals surface area contributed by atoms with Crippen molar-refractivity contribution in [2.24, 2.45) is 10.9 Å². The number of anilines is 1. The Labute approximate surface area is 207 Å². The molecule has 35 heavy (non-hydrogen) atoms. The van der Waals surface area contributed by atoms with Crippen LogP contribution in [0.15, 0.2) is 47.5 Å². The van der Waals surface area contributed by atoms with E-state index in [2.05, 4.69) is 15.4 Å². The fourth-order valence-electron chi connectivity index (χ4n) is 4.14. The Morgan fingerprint density at radius 2 is 1.80 bits per heavy atom. The molecule has 3 heterocycles. The van der Waals surface area contributed by atoms with Crippen molar-refractivity contribution in [3.05, 3.63) is 63.8 Å². The number of nitrogens with zero attached hydrogens (tertiary/aromatic N) is 3. The van der Waals surface area contributed by atoms with Gasteiger partial charge in [-0.2, -0.15) is 18.3 Å². The van der Waals surface area contributed by atoms with Gasteiger partial charge < -0.3 is 14.8 Å². The predicted molar refractivity (Wildman–Crippen MR) is 124 cm³/mol. The molecular weight excluding hydrogens is 508 g/mol. The van der Waals surface area contributed by atoms with Crippen LogP contribution in [0.1, 0.15) is 24.2 Å². The van der Waals surface area contributed by atoms with Crippen molar-refractivity contribution in [2.45, 2.75) is 19.1 Å². The van der Waals surface area contributed by atoms with E-state index in [1.807, 2.05) is 0 Å². The largest absolute Gasteiger partial charge is 0.486 e. The van der Waals surface area contributed by atoms with E-state index >= 15 is 0 Å². The lowest BCUT2D eigenvalue weighted by atomic mass is 9.87. The molecule has 2 aromatic carbocycles. The van der Waals surface area contributed by atoms with Crippen molar-refractivity contribution in [3.8, 4) is 11.5 Å². The third-order valence-electron chi connectivity index (χ3n) is 5.70. The zero-order chi connectivity index (χ0) is 24.9. The molecule has 0 saturated heterocycles. The summed E-state index contributed by atoms with van der Waals surface area (Å²) >= 11 is 12.2. The summed E-state index contributed by atoms with van der Waals surface area (Å²) in [5, 5.41) is 7.03. The maximum absolute atomic E-state index is 13.5. The highest BCUT2D eigenvalue weighted by Crippen LogP contribution is 2.42. The van der Waals surface area contributed by atoms with Gasteiger partial charge in [0, 0.05) is 23.5 Å². The summed E-state index contributed by atoms with van der Waals surface area (Å²) in [6, 6.07) is 9.46. The fourth-order valence-corrected chi connectivity index (χ4v) is 4.44. The zero-order valence-electron chi connectivity index (χ0n) is 18.1. The molecule has 2 aliphatic rings. The van der Waals surface area contributed by atoms with Crippen LogP contribution in [0, 0.1) is 5.92 Å². The highest BCUT2D eigenvalue weighted by atomic mass is 35.5. The predicted octanol–water partition coefficient (Wildman–Crippen LogP) is 5.93. The van der Waals surface area contributed by atoms with E-state index in [0.29, 0.717) is 41.7 Å². The van der Waals surface area contributed by atoms with Gasteiger partial charge in [0.2, 0.25) is 5.91 Å². The van der Waals surface area contributed by atoms with Crippen molar-refractivity contribution in [3.63, 3.8) is 0 Å². The molecular formula is C23H17Cl2F3N4O3. The van der Waals surface area contributed by atoms with Gasteiger partial charge in [-0.05, 0) is 36.8 Å². The number of ether oxygens (including phenoxy) is 2. The number of fused-ring (bicyclic) bond motifs is 2. The van der Waals surface area contributed by atoms with Gasteiger partial charge >= 0.3 is 6.18 Å². The molecule has 1 aromatic heterocycles. The van der Waals surface area contributed by atoms with E-state index in [4.69, 9.17) is 32.7 Å². The molecule has 0 fully saturated rings. The quantitative estimate of drug-likeness (QED) is 0.460. The van der Waals surface area contributed by atoms with Crippen LogP contribution in [0.3, 0.4) is 0 Å². The van der Waals surface area contributed by atoms with Crippen LogP contribution in [-0.2, 0) is 11.0 Å². The summed E-state index contributed by atoms with van der Waals surface area (Å²) in [4.78, 5) is 17.8. The molecule has 0 radical (unpaired) electrons. The van der Waals surface area contributed by atoms with E-state index < -0.39 is 29.7 Å². The van der Waals surface area contributed by atoms with E-state index in [-0.39, 0.29) is 15.9 Å². The molecule has 0 bridgehead atoms. The Bertz CT molecular complexity index is 1360. The van der Waals surface area contributed by atoms with Crippen molar-refractivity contribution in [1.29, 1.82) is 0 Å². The molecule has 2 aliphatic heterocycles. The van der Waals surface area contributed by atoms with Crippen LogP contribution in [0.5, 0.6) is 11.5 Å². The topological polar surface area (TPSA) is 77.7 Å². The number of hydrogen-bond acceptors (Lipinski definition) is 5. The minimum Gasteiger partial charge on any atom is -0.486 e. The smallest absolute Gasteiger partial charge is 0.435 e. The number of carbonyl (C=O) groups is 1. The summed E-state index contributed by atoms with van der Waals surface area (Å²) in [6.45, 7) is 2.39. The van der Waals surface area contributed by atoms with E-state index in [9.17, 15) is 18.0 Å². The Morgan fingerprint density at radius 1 is 1.06 bits per heavy atom. The first-order chi connectivity index (χ1) is 16.6. The molecule has 3 aromatic rings. The molecule has 1 amide bonds. The van der Waals surface area contributed by atoms with Gasteiger partial charge in [0.05, 0.1) is 16.1 Å². The first-order valence-corrected chi connectivity index (χ1v) is 11.2. The minimum atomic E-state index is -4.68. The maximum Gasteiger partial charge on any atom is 0.435 e. The number of halogens is 5. The van der Waals surface area contributed by atoms with Crippen molar-refractivity contribution >= 4 is 46.3 Å². The van der Waals surface area contributed by atoms with Crippen molar-refractivity contribution in [2.75, 3.05) is 18.5 Å². The Balaban J connectivity index is 1.56. The van der Waals surface area contributed by atoms with Gasteiger partial charge in [0.1, 0.15) is 19.1 Å². The van der Waals surface area contributed by atoms with Crippen molar-refractivity contribution < 1.29 is 27.4 Å². The highest BCUT2D eigenvalue weighted by molar-refractivity contribution is 6.42.